The van der Waals surface area contributed by atoms with Gasteiger partial charge in [-0.15, -0.1) is 0 Å². The molecule has 0 aromatic heterocycles. The minimum absolute atomic E-state index is 0.0154. The fraction of sp³-hybridized carbons (Fsp3) is 0.500. The van der Waals surface area contributed by atoms with E-state index in [1.807, 2.05) is 0 Å². The number of rotatable bonds is 33. The van der Waals surface area contributed by atoms with Crippen LogP contribution in [-0.4, -0.2) is 135 Å². The molecule has 2 rings (SSSR count). The summed E-state index contributed by atoms with van der Waals surface area (Å²) in [6.07, 6.45) is 5.73. The van der Waals surface area contributed by atoms with E-state index in [0.29, 0.717) is 103 Å². The van der Waals surface area contributed by atoms with E-state index in [2.05, 4.69) is 5.32 Å². The molecule has 0 radical (unpaired) electrons. The van der Waals surface area contributed by atoms with Crippen molar-refractivity contribution in [2.75, 3.05) is 107 Å². The van der Waals surface area contributed by atoms with Gasteiger partial charge in [-0.2, -0.15) is 0 Å². The molecule has 2 aromatic rings. The average Bonchev–Trinajstić information content (AvgIpc) is 3.19. The van der Waals surface area contributed by atoms with Gasteiger partial charge in [0.1, 0.15) is 0 Å². The quantitative estimate of drug-likeness (QED) is 0.0312. The highest BCUT2D eigenvalue weighted by Crippen LogP contribution is 2.29. The molecule has 0 heterocycles. The van der Waals surface area contributed by atoms with E-state index in [-0.39, 0.29) is 54.6 Å². The predicted octanol–water partition coefficient (Wildman–Crippen LogP) is 2.91. The molecule has 310 valence electrons. The molecule has 2 aromatic carbocycles. The summed E-state index contributed by atoms with van der Waals surface area (Å²) in [6, 6.07) is 9.38. The number of esters is 1. The van der Waals surface area contributed by atoms with Crippen molar-refractivity contribution in [3.05, 3.63) is 59.7 Å². The third-order valence-electron chi connectivity index (χ3n) is 7.36. The van der Waals surface area contributed by atoms with Gasteiger partial charge >= 0.3 is 5.97 Å². The number of aromatic hydroxyl groups is 1. The molecule has 0 atom stereocenters. The van der Waals surface area contributed by atoms with Gasteiger partial charge in [-0.1, -0.05) is 24.3 Å². The number of nitrogens with one attached hydrogen (secondary N) is 1. The van der Waals surface area contributed by atoms with Gasteiger partial charge in [-0.05, 0) is 54.0 Å². The third-order valence-corrected chi connectivity index (χ3v) is 7.36. The minimum atomic E-state index is -0.531. The zero-order chi connectivity index (χ0) is 40.6. The number of carbonyl (C=O) groups is 4. The van der Waals surface area contributed by atoms with Crippen LogP contribution in [0.25, 0.3) is 12.2 Å². The van der Waals surface area contributed by atoms with Gasteiger partial charge < -0.3 is 58.8 Å². The molecule has 0 spiro atoms. The van der Waals surface area contributed by atoms with Crippen molar-refractivity contribution >= 4 is 35.6 Å². The number of methoxy groups -OCH3 is 2. The summed E-state index contributed by atoms with van der Waals surface area (Å²) >= 11 is 0. The maximum absolute atomic E-state index is 12.4. The van der Waals surface area contributed by atoms with Crippen LogP contribution in [0.1, 0.15) is 36.8 Å². The highest BCUT2D eigenvalue weighted by atomic mass is 16.6. The maximum Gasteiger partial charge on any atom is 0.311 e. The Hall–Kier alpha value is -4.68. The number of hydrogen-bond acceptors (Lipinski definition) is 15. The number of benzene rings is 2. The molecule has 0 bridgehead atoms. The first-order chi connectivity index (χ1) is 27.2. The number of phenolic OH excluding ortho intramolecular Hbond substituents is 1. The van der Waals surface area contributed by atoms with E-state index in [9.17, 15) is 24.3 Å². The Morgan fingerprint density at radius 2 is 1.11 bits per heavy atom. The number of ketones is 2. The lowest BCUT2D eigenvalue weighted by molar-refractivity contribution is -0.134. The highest BCUT2D eigenvalue weighted by molar-refractivity contribution is 6.10. The average molecular weight is 789 g/mol. The van der Waals surface area contributed by atoms with E-state index in [4.69, 9.17) is 48.4 Å². The van der Waals surface area contributed by atoms with Crippen molar-refractivity contribution in [2.24, 2.45) is 5.73 Å². The predicted molar refractivity (Wildman–Crippen MR) is 207 cm³/mol. The Morgan fingerprint density at radius 3 is 1.62 bits per heavy atom. The van der Waals surface area contributed by atoms with Crippen LogP contribution in [0.15, 0.2) is 48.6 Å². The van der Waals surface area contributed by atoms with Gasteiger partial charge in [0.15, 0.2) is 34.6 Å². The summed E-state index contributed by atoms with van der Waals surface area (Å²) in [6.45, 7) is 6.26. The van der Waals surface area contributed by atoms with Crippen molar-refractivity contribution in [3.63, 3.8) is 0 Å². The fourth-order valence-electron chi connectivity index (χ4n) is 4.54. The molecule has 0 unspecified atom stereocenters. The van der Waals surface area contributed by atoms with Crippen molar-refractivity contribution < 1.29 is 66.9 Å². The van der Waals surface area contributed by atoms with Crippen LogP contribution in [0, 0.1) is 0 Å². The Bertz CT molecular complexity index is 1510. The van der Waals surface area contributed by atoms with Crippen LogP contribution < -0.4 is 25.3 Å². The van der Waals surface area contributed by atoms with Gasteiger partial charge in [-0.25, -0.2) is 0 Å². The molecule has 0 aliphatic heterocycles. The zero-order valence-electron chi connectivity index (χ0n) is 32.3. The van der Waals surface area contributed by atoms with Crippen LogP contribution in [0.3, 0.4) is 0 Å². The van der Waals surface area contributed by atoms with E-state index in [1.54, 1.807) is 24.3 Å². The number of allylic oxidation sites excluding steroid dienone is 2. The summed E-state index contributed by atoms with van der Waals surface area (Å²) in [5.74, 6) is -0.836. The molecule has 16 nitrogen and oxygen atoms in total. The molecule has 0 fully saturated rings. The molecular formula is C40H56N2O14. The monoisotopic (exact) mass is 788 g/mol. The zero-order valence-corrected chi connectivity index (χ0v) is 32.3. The Labute approximate surface area is 328 Å². The van der Waals surface area contributed by atoms with Crippen molar-refractivity contribution in [1.82, 2.24) is 5.32 Å². The molecule has 0 saturated heterocycles. The topological polar surface area (TPSA) is 210 Å². The Balaban J connectivity index is 1.51. The van der Waals surface area contributed by atoms with Crippen LogP contribution >= 0.6 is 0 Å². The van der Waals surface area contributed by atoms with Gasteiger partial charge in [0.25, 0.3) is 0 Å². The van der Waals surface area contributed by atoms with Crippen molar-refractivity contribution in [3.8, 4) is 23.0 Å². The first kappa shape index (κ1) is 47.5. The molecule has 0 aliphatic carbocycles. The van der Waals surface area contributed by atoms with Gasteiger partial charge in [0.2, 0.25) is 5.91 Å². The van der Waals surface area contributed by atoms with Crippen LogP contribution in [0.2, 0.25) is 0 Å². The number of hydrogen-bond donors (Lipinski definition) is 3. The smallest absolute Gasteiger partial charge is 0.311 e. The lowest BCUT2D eigenvalue weighted by Crippen LogP contribution is -2.27. The summed E-state index contributed by atoms with van der Waals surface area (Å²) in [7, 11) is 2.84. The second-order valence-electron chi connectivity index (χ2n) is 11.8. The van der Waals surface area contributed by atoms with Crippen LogP contribution in [-0.2, 0) is 47.6 Å². The van der Waals surface area contributed by atoms with E-state index in [1.165, 1.54) is 50.7 Å². The normalized spacial score (nSPS) is 11.3. The number of phenols is 1. The summed E-state index contributed by atoms with van der Waals surface area (Å²) in [5, 5.41) is 12.4. The van der Waals surface area contributed by atoms with E-state index < -0.39 is 17.5 Å². The molecule has 0 aliphatic rings. The number of nitrogens with two attached hydrogens (primary N) is 1. The van der Waals surface area contributed by atoms with Crippen molar-refractivity contribution in [1.29, 1.82) is 0 Å². The first-order valence-electron chi connectivity index (χ1n) is 18.4. The third kappa shape index (κ3) is 22.6. The van der Waals surface area contributed by atoms with E-state index in [0.717, 1.165) is 0 Å². The number of carbonyl (C=O) groups excluding carboxylic acids is 4. The molecule has 4 N–H and O–H groups in total. The van der Waals surface area contributed by atoms with Gasteiger partial charge in [-0.3, -0.25) is 19.2 Å². The summed E-state index contributed by atoms with van der Waals surface area (Å²) in [4.78, 5) is 49.2. The molecule has 56 heavy (non-hydrogen) atoms. The molecule has 1 amide bonds. The lowest BCUT2D eigenvalue weighted by Gasteiger charge is -2.10. The second kappa shape index (κ2) is 30.5. The van der Waals surface area contributed by atoms with Crippen LogP contribution in [0.4, 0.5) is 0 Å². The Kier molecular flexibility index (Phi) is 25.9. The van der Waals surface area contributed by atoms with E-state index >= 15 is 0 Å². The summed E-state index contributed by atoms with van der Waals surface area (Å²) in [5.41, 5.74) is 6.55. The second-order valence-corrected chi connectivity index (χ2v) is 11.8. The van der Waals surface area contributed by atoms with Gasteiger partial charge in [0.05, 0.1) is 99.9 Å². The van der Waals surface area contributed by atoms with Crippen LogP contribution in [0.5, 0.6) is 23.0 Å². The summed E-state index contributed by atoms with van der Waals surface area (Å²) < 4.78 is 48.1. The molecule has 16 heteroatoms. The lowest BCUT2D eigenvalue weighted by atomic mass is 10.1. The largest absolute Gasteiger partial charge is 0.504 e. The first-order valence-corrected chi connectivity index (χ1v) is 18.4. The van der Waals surface area contributed by atoms with Crippen molar-refractivity contribution in [2.45, 2.75) is 25.7 Å². The molecular weight excluding hydrogens is 732 g/mol. The molecule has 0 saturated carbocycles. The fourth-order valence-corrected chi connectivity index (χ4v) is 4.54. The SMILES string of the molecule is COc1cc(/C=C\C(=O)CC(=O)/C=C\c2ccc(OC(=O)CCCC(=O)NCCOCCOCCOCCOCCOCCOCCN)c(OC)c2)ccc1O. The number of amides is 1. The number of ether oxygens (including phenoxy) is 9. The standard InChI is InChI=1S/C40H56N2O14/c1-48-37-28-31(8-12-35(37)45)6-10-33(43)30-34(44)11-7-32-9-13-36(38(29-32)49-2)56-40(47)5-3-4-39(46)42-15-17-51-19-21-53-23-25-55-27-26-54-24-22-52-20-18-50-16-14-41/h6-13,28-29,45H,3-5,14-27,30,41H2,1-2H3,(H,42,46)/b10-6-,11-7-. The Morgan fingerprint density at radius 1 is 0.625 bits per heavy atom. The maximum atomic E-state index is 12.4. The minimum Gasteiger partial charge on any atom is -0.504 e. The highest BCUT2D eigenvalue weighted by Gasteiger charge is 2.12. The van der Waals surface area contributed by atoms with Gasteiger partial charge in [0, 0.05) is 25.9 Å².